The zero-order chi connectivity index (χ0) is 22.0. The van der Waals surface area contributed by atoms with Crippen LogP contribution in [-0.2, 0) is 11.2 Å². The van der Waals surface area contributed by atoms with Crippen molar-refractivity contribution in [3.63, 3.8) is 0 Å². The van der Waals surface area contributed by atoms with Gasteiger partial charge in [0.1, 0.15) is 4.32 Å². The molecule has 1 aliphatic heterocycles. The van der Waals surface area contributed by atoms with Crippen molar-refractivity contribution < 1.29 is 9.59 Å². The summed E-state index contributed by atoms with van der Waals surface area (Å²) in [6.07, 6.45) is 4.26. The summed E-state index contributed by atoms with van der Waals surface area (Å²) in [7, 11) is 1.66. The lowest BCUT2D eigenvalue weighted by molar-refractivity contribution is -0.121. The van der Waals surface area contributed by atoms with Crippen molar-refractivity contribution in [2.45, 2.75) is 6.42 Å². The van der Waals surface area contributed by atoms with Gasteiger partial charge in [0, 0.05) is 35.1 Å². The summed E-state index contributed by atoms with van der Waals surface area (Å²) in [4.78, 5) is 32.0. The zero-order valence-corrected chi connectivity index (χ0v) is 19.5. The van der Waals surface area contributed by atoms with Gasteiger partial charge >= 0.3 is 0 Å². The van der Waals surface area contributed by atoms with Gasteiger partial charge < -0.3 is 0 Å². The van der Waals surface area contributed by atoms with E-state index in [9.17, 15) is 9.59 Å². The first kappa shape index (κ1) is 21.7. The van der Waals surface area contributed by atoms with Gasteiger partial charge in [0.05, 0.1) is 4.91 Å². The van der Waals surface area contributed by atoms with Crippen LogP contribution in [0.4, 0.5) is 5.13 Å². The molecule has 1 aromatic heterocycles. The van der Waals surface area contributed by atoms with E-state index >= 15 is 0 Å². The Hall–Kier alpha value is -2.52. The van der Waals surface area contributed by atoms with Gasteiger partial charge in [-0.25, -0.2) is 4.98 Å². The molecule has 0 radical (unpaired) electrons. The average Bonchev–Trinajstić information content (AvgIpc) is 3.29. The first-order valence-corrected chi connectivity index (χ1v) is 11.6. The van der Waals surface area contributed by atoms with Gasteiger partial charge in [-0.2, -0.15) is 0 Å². The molecule has 0 spiro atoms. The molecule has 156 valence electrons. The van der Waals surface area contributed by atoms with Crippen LogP contribution >= 0.6 is 46.9 Å². The highest BCUT2D eigenvalue weighted by Gasteiger charge is 2.28. The van der Waals surface area contributed by atoms with E-state index in [2.05, 4.69) is 10.3 Å². The molecule has 5 nitrogen and oxygen atoms in total. The number of thiocarbonyl (C=S) groups is 1. The highest BCUT2D eigenvalue weighted by atomic mass is 35.5. The van der Waals surface area contributed by atoms with Gasteiger partial charge in [-0.05, 0) is 41.5 Å². The fourth-order valence-corrected chi connectivity index (χ4v) is 4.99. The van der Waals surface area contributed by atoms with Crippen LogP contribution < -0.4 is 5.32 Å². The lowest BCUT2D eigenvalue weighted by Gasteiger charge is -2.04. The highest BCUT2D eigenvalue weighted by Crippen LogP contribution is 2.31. The zero-order valence-electron chi connectivity index (χ0n) is 16.3. The van der Waals surface area contributed by atoms with Crippen LogP contribution in [0.25, 0.3) is 6.08 Å². The second-order valence-corrected chi connectivity index (χ2v) is 9.98. The maximum atomic E-state index is 12.6. The fraction of sp³-hybridized carbons (Fsp3) is 0.0909. The van der Waals surface area contributed by atoms with E-state index < -0.39 is 0 Å². The summed E-state index contributed by atoms with van der Waals surface area (Å²) < 4.78 is 0.533. The minimum atomic E-state index is -0.237. The van der Waals surface area contributed by atoms with Crippen LogP contribution in [-0.4, -0.2) is 33.1 Å². The monoisotopic (exact) mass is 485 g/mol. The number of aromatic nitrogens is 1. The number of benzene rings is 2. The van der Waals surface area contributed by atoms with Crippen molar-refractivity contribution in [3.8, 4) is 0 Å². The molecule has 1 saturated heterocycles. The summed E-state index contributed by atoms with van der Waals surface area (Å²) in [5, 5.41) is 4.08. The number of thioether (sulfide) groups is 1. The molecule has 0 atom stereocenters. The minimum absolute atomic E-state index is 0.116. The predicted molar refractivity (Wildman–Crippen MR) is 132 cm³/mol. The van der Waals surface area contributed by atoms with Crippen LogP contribution in [0.2, 0.25) is 5.02 Å². The third kappa shape index (κ3) is 5.22. The Bertz CT molecular complexity index is 1190. The molecule has 0 saturated carbocycles. The van der Waals surface area contributed by atoms with Crippen molar-refractivity contribution in [1.82, 2.24) is 9.88 Å². The smallest absolute Gasteiger partial charge is 0.265 e. The summed E-state index contributed by atoms with van der Waals surface area (Å²) in [6.45, 7) is 0. The fourth-order valence-electron chi connectivity index (χ4n) is 2.85. The summed E-state index contributed by atoms with van der Waals surface area (Å²) in [5.41, 5.74) is 2.46. The van der Waals surface area contributed by atoms with Gasteiger partial charge in [-0.1, -0.05) is 59.8 Å². The van der Waals surface area contributed by atoms with Crippen molar-refractivity contribution in [2.24, 2.45) is 0 Å². The largest absolute Gasteiger partial charge is 0.298 e. The third-order valence-electron chi connectivity index (χ3n) is 4.52. The molecule has 2 heterocycles. The molecule has 2 aromatic carbocycles. The number of nitrogens with one attached hydrogen (secondary N) is 1. The standard InChI is InChI=1S/C22H16ClN3O2S3/c1-26-20(28)18(31-22(26)29)11-14-2-6-15(7-3-14)19(27)25-21-24-12-17(30-21)10-13-4-8-16(23)9-5-13/h2-9,11-12H,10H2,1H3,(H,24,25,27)/b18-11-. The summed E-state index contributed by atoms with van der Waals surface area (Å²) in [6, 6.07) is 14.7. The molecule has 1 N–H and O–H groups in total. The van der Waals surface area contributed by atoms with Crippen molar-refractivity contribution in [3.05, 3.63) is 86.2 Å². The molecular weight excluding hydrogens is 470 g/mol. The summed E-state index contributed by atoms with van der Waals surface area (Å²) in [5.74, 6) is -0.353. The molecule has 1 aliphatic rings. The van der Waals surface area contributed by atoms with Crippen LogP contribution in [0.15, 0.2) is 59.6 Å². The van der Waals surface area contributed by atoms with E-state index in [4.69, 9.17) is 23.8 Å². The van der Waals surface area contributed by atoms with Crippen LogP contribution in [0.3, 0.4) is 0 Å². The van der Waals surface area contributed by atoms with Gasteiger partial charge in [0.2, 0.25) is 0 Å². The number of halogens is 1. The highest BCUT2D eigenvalue weighted by molar-refractivity contribution is 8.26. The number of rotatable bonds is 5. The number of amides is 2. The van der Waals surface area contributed by atoms with Crippen molar-refractivity contribution in [1.29, 1.82) is 0 Å². The number of thiazole rings is 1. The lowest BCUT2D eigenvalue weighted by atomic mass is 10.1. The van der Waals surface area contributed by atoms with E-state index in [1.165, 1.54) is 28.0 Å². The van der Waals surface area contributed by atoms with Crippen LogP contribution in [0.5, 0.6) is 0 Å². The molecule has 0 bridgehead atoms. The number of nitrogens with zero attached hydrogens (tertiary/aromatic N) is 2. The van der Waals surface area contributed by atoms with E-state index in [1.54, 1.807) is 43.6 Å². The van der Waals surface area contributed by atoms with E-state index in [1.807, 2.05) is 24.3 Å². The first-order chi connectivity index (χ1) is 14.9. The van der Waals surface area contributed by atoms with Gasteiger partial charge in [0.25, 0.3) is 11.8 Å². The lowest BCUT2D eigenvalue weighted by Crippen LogP contribution is -2.22. The number of carbonyl (C=O) groups excluding carboxylic acids is 2. The number of hydrogen-bond acceptors (Lipinski definition) is 6. The van der Waals surface area contributed by atoms with E-state index in [-0.39, 0.29) is 11.8 Å². The molecule has 0 unspecified atom stereocenters. The number of carbonyl (C=O) groups is 2. The number of likely N-dealkylation sites (N-methyl/N-ethyl adjacent to an activating group) is 1. The Morgan fingerprint density at radius 1 is 1.19 bits per heavy atom. The number of anilines is 1. The molecule has 3 aromatic rings. The van der Waals surface area contributed by atoms with Gasteiger partial charge in [0.15, 0.2) is 5.13 Å². The van der Waals surface area contributed by atoms with E-state index in [0.717, 1.165) is 22.4 Å². The average molecular weight is 486 g/mol. The Morgan fingerprint density at radius 2 is 1.90 bits per heavy atom. The second kappa shape index (κ2) is 9.32. The molecule has 9 heteroatoms. The Balaban J connectivity index is 1.39. The van der Waals surface area contributed by atoms with Crippen molar-refractivity contribution in [2.75, 3.05) is 12.4 Å². The molecule has 2 amide bonds. The normalized spacial score (nSPS) is 15.0. The maximum absolute atomic E-state index is 12.6. The van der Waals surface area contributed by atoms with Gasteiger partial charge in [-0.3, -0.25) is 19.8 Å². The first-order valence-electron chi connectivity index (χ1n) is 9.21. The Labute approximate surface area is 198 Å². The second-order valence-electron chi connectivity index (χ2n) is 6.75. The third-order valence-corrected chi connectivity index (χ3v) is 7.17. The summed E-state index contributed by atoms with van der Waals surface area (Å²) >= 11 is 13.8. The van der Waals surface area contributed by atoms with Crippen LogP contribution in [0, 0.1) is 0 Å². The molecule has 1 fully saturated rings. The minimum Gasteiger partial charge on any atom is -0.298 e. The Morgan fingerprint density at radius 3 is 2.55 bits per heavy atom. The van der Waals surface area contributed by atoms with E-state index in [0.29, 0.717) is 24.9 Å². The quantitative estimate of drug-likeness (QED) is 0.383. The SMILES string of the molecule is CN1C(=O)/C(=C/c2ccc(C(=O)Nc3ncc(Cc4ccc(Cl)cc4)s3)cc2)SC1=S. The van der Waals surface area contributed by atoms with Gasteiger partial charge in [-0.15, -0.1) is 11.3 Å². The predicted octanol–water partition coefficient (Wildman–Crippen LogP) is 5.47. The van der Waals surface area contributed by atoms with Crippen molar-refractivity contribution >= 4 is 74.3 Å². The van der Waals surface area contributed by atoms with Crippen LogP contribution in [0.1, 0.15) is 26.4 Å². The maximum Gasteiger partial charge on any atom is 0.265 e. The molecule has 0 aliphatic carbocycles. The molecule has 4 rings (SSSR count). The molecular formula is C22H16ClN3O2S3. The Kier molecular flexibility index (Phi) is 6.52. The molecule has 31 heavy (non-hydrogen) atoms. The topological polar surface area (TPSA) is 62.3 Å². The number of hydrogen-bond donors (Lipinski definition) is 1.